The van der Waals surface area contributed by atoms with Gasteiger partial charge in [-0.1, -0.05) is 24.3 Å². The van der Waals surface area contributed by atoms with E-state index >= 15 is 0 Å². The summed E-state index contributed by atoms with van der Waals surface area (Å²) in [6.45, 7) is 2.92. The SMILES string of the molecule is Cc1c(C(=O)NNC(=O)c2cccc(S(=O)(=O)N3CCOCC3)c2)oc2ccccc12. The number of para-hydroxylation sites is 1. The molecule has 0 spiro atoms. The first-order valence-electron chi connectivity index (χ1n) is 9.65. The number of hydrogen-bond donors (Lipinski definition) is 2. The van der Waals surface area contributed by atoms with Crippen molar-refractivity contribution in [2.45, 2.75) is 11.8 Å². The van der Waals surface area contributed by atoms with Crippen molar-refractivity contribution in [2.75, 3.05) is 26.3 Å². The molecule has 162 valence electrons. The van der Waals surface area contributed by atoms with Crippen LogP contribution >= 0.6 is 0 Å². The number of amides is 2. The van der Waals surface area contributed by atoms with Crippen molar-refractivity contribution in [2.24, 2.45) is 0 Å². The summed E-state index contributed by atoms with van der Waals surface area (Å²) >= 11 is 0. The van der Waals surface area contributed by atoms with Crippen LogP contribution in [0.3, 0.4) is 0 Å². The van der Waals surface area contributed by atoms with Crippen LogP contribution in [0.25, 0.3) is 11.0 Å². The number of carbonyl (C=O) groups excluding carboxylic acids is 2. The summed E-state index contributed by atoms with van der Waals surface area (Å²) in [6.07, 6.45) is 0. The van der Waals surface area contributed by atoms with Crippen molar-refractivity contribution in [3.05, 3.63) is 65.4 Å². The topological polar surface area (TPSA) is 118 Å². The normalized spacial score (nSPS) is 15.0. The number of hydrazine groups is 1. The van der Waals surface area contributed by atoms with Gasteiger partial charge >= 0.3 is 5.91 Å². The van der Waals surface area contributed by atoms with E-state index < -0.39 is 21.8 Å². The van der Waals surface area contributed by atoms with Crippen molar-refractivity contribution in [3.63, 3.8) is 0 Å². The first kappa shape index (κ1) is 21.0. The van der Waals surface area contributed by atoms with Crippen LogP contribution in [0.4, 0.5) is 0 Å². The summed E-state index contributed by atoms with van der Waals surface area (Å²) in [7, 11) is -3.74. The summed E-state index contributed by atoms with van der Waals surface area (Å²) in [5.41, 5.74) is 5.93. The molecular weight excluding hydrogens is 422 g/mol. The lowest BCUT2D eigenvalue weighted by molar-refractivity contribution is 0.0730. The number of carbonyl (C=O) groups is 2. The summed E-state index contributed by atoms with van der Waals surface area (Å²) in [5.74, 6) is -1.18. The Balaban J connectivity index is 1.47. The van der Waals surface area contributed by atoms with E-state index in [1.54, 1.807) is 19.1 Å². The molecule has 1 fully saturated rings. The fourth-order valence-corrected chi connectivity index (χ4v) is 4.82. The summed E-state index contributed by atoms with van der Waals surface area (Å²) in [6, 6.07) is 12.9. The molecule has 0 unspecified atom stereocenters. The molecule has 2 N–H and O–H groups in total. The van der Waals surface area contributed by atoms with Gasteiger partial charge in [0, 0.05) is 29.6 Å². The highest BCUT2D eigenvalue weighted by Crippen LogP contribution is 2.24. The maximum absolute atomic E-state index is 12.8. The molecule has 1 aliphatic rings. The number of hydrogen-bond acceptors (Lipinski definition) is 6. The van der Waals surface area contributed by atoms with Crippen molar-refractivity contribution in [3.8, 4) is 0 Å². The molecule has 3 aromatic rings. The quantitative estimate of drug-likeness (QED) is 0.594. The first-order valence-corrected chi connectivity index (χ1v) is 11.1. The number of morpholine rings is 1. The fraction of sp³-hybridized carbons (Fsp3) is 0.238. The van der Waals surface area contributed by atoms with Crippen LogP contribution in [0.5, 0.6) is 0 Å². The van der Waals surface area contributed by atoms with Crippen molar-refractivity contribution >= 4 is 32.8 Å². The molecule has 0 bridgehead atoms. The minimum Gasteiger partial charge on any atom is -0.451 e. The maximum atomic E-state index is 12.8. The van der Waals surface area contributed by atoms with Crippen molar-refractivity contribution in [1.82, 2.24) is 15.2 Å². The van der Waals surface area contributed by atoms with Gasteiger partial charge in [0.25, 0.3) is 5.91 Å². The molecule has 31 heavy (non-hydrogen) atoms. The lowest BCUT2D eigenvalue weighted by Gasteiger charge is -2.26. The van der Waals surface area contributed by atoms with Gasteiger partial charge in [-0.05, 0) is 31.2 Å². The molecule has 0 saturated carbocycles. The highest BCUT2D eigenvalue weighted by Gasteiger charge is 2.27. The summed E-state index contributed by atoms with van der Waals surface area (Å²) < 4.78 is 37.7. The van der Waals surface area contributed by atoms with Crippen LogP contribution in [-0.2, 0) is 14.8 Å². The molecule has 2 aromatic carbocycles. The molecule has 0 radical (unpaired) electrons. The van der Waals surface area contributed by atoms with Crippen LogP contribution in [-0.4, -0.2) is 50.8 Å². The number of ether oxygens (including phenoxy) is 1. The Morgan fingerprint density at radius 2 is 1.68 bits per heavy atom. The number of fused-ring (bicyclic) bond motifs is 1. The van der Waals surface area contributed by atoms with E-state index in [0.717, 1.165) is 5.39 Å². The molecule has 0 atom stereocenters. The maximum Gasteiger partial charge on any atom is 0.305 e. The van der Waals surface area contributed by atoms with Gasteiger partial charge in [0.05, 0.1) is 18.1 Å². The fourth-order valence-electron chi connectivity index (χ4n) is 3.37. The van der Waals surface area contributed by atoms with Crippen LogP contribution < -0.4 is 10.9 Å². The number of aryl methyl sites for hydroxylation is 1. The van der Waals surface area contributed by atoms with Gasteiger partial charge in [0.1, 0.15) is 5.58 Å². The lowest BCUT2D eigenvalue weighted by Crippen LogP contribution is -2.42. The average Bonchev–Trinajstić information content (AvgIpc) is 3.14. The molecule has 1 aliphatic heterocycles. The Morgan fingerprint density at radius 3 is 2.42 bits per heavy atom. The van der Waals surface area contributed by atoms with Crippen LogP contribution in [0.2, 0.25) is 0 Å². The van der Waals surface area contributed by atoms with Gasteiger partial charge in [-0.2, -0.15) is 4.31 Å². The Hall–Kier alpha value is -3.21. The number of sulfonamides is 1. The van der Waals surface area contributed by atoms with Crippen molar-refractivity contribution in [1.29, 1.82) is 0 Å². The molecule has 1 aromatic heterocycles. The standard InChI is InChI=1S/C21H21N3O6S/c1-14-17-7-2-3-8-18(17)30-19(14)21(26)23-22-20(25)15-5-4-6-16(13-15)31(27,28)24-9-11-29-12-10-24/h2-8,13H,9-12H2,1H3,(H,22,25)(H,23,26). The number of benzene rings is 2. The average molecular weight is 443 g/mol. The minimum absolute atomic E-state index is 0.00139. The zero-order valence-corrected chi connectivity index (χ0v) is 17.6. The monoisotopic (exact) mass is 443 g/mol. The number of nitrogens with zero attached hydrogens (tertiary/aromatic N) is 1. The highest BCUT2D eigenvalue weighted by atomic mass is 32.2. The van der Waals surface area contributed by atoms with Crippen LogP contribution in [0.1, 0.15) is 26.5 Å². The van der Waals surface area contributed by atoms with E-state index in [4.69, 9.17) is 9.15 Å². The molecule has 4 rings (SSSR count). The number of furan rings is 1. The molecule has 0 aliphatic carbocycles. The van der Waals surface area contributed by atoms with Gasteiger partial charge in [-0.3, -0.25) is 20.4 Å². The highest BCUT2D eigenvalue weighted by molar-refractivity contribution is 7.89. The second-order valence-electron chi connectivity index (χ2n) is 7.00. The van der Waals surface area contributed by atoms with E-state index in [9.17, 15) is 18.0 Å². The third kappa shape index (κ3) is 4.18. The molecule has 1 saturated heterocycles. The third-order valence-electron chi connectivity index (χ3n) is 5.04. The van der Waals surface area contributed by atoms with Crippen molar-refractivity contribution < 1.29 is 27.2 Å². The second kappa shape index (κ2) is 8.50. The lowest BCUT2D eigenvalue weighted by atomic mass is 10.1. The van der Waals surface area contributed by atoms with E-state index in [1.807, 2.05) is 12.1 Å². The van der Waals surface area contributed by atoms with E-state index in [-0.39, 0.29) is 29.3 Å². The predicted octanol–water partition coefficient (Wildman–Crippen LogP) is 1.84. The number of rotatable bonds is 4. The second-order valence-corrected chi connectivity index (χ2v) is 8.94. The smallest absolute Gasteiger partial charge is 0.305 e. The van der Waals surface area contributed by atoms with Gasteiger partial charge in [-0.15, -0.1) is 0 Å². The minimum atomic E-state index is -3.74. The Labute approximate surface area is 179 Å². The molecule has 9 nitrogen and oxygen atoms in total. The Bertz CT molecular complexity index is 1240. The van der Waals surface area contributed by atoms with Crippen LogP contribution in [0.15, 0.2) is 57.8 Å². The Kier molecular flexibility index (Phi) is 5.77. The largest absolute Gasteiger partial charge is 0.451 e. The molecule has 2 heterocycles. The van der Waals surface area contributed by atoms with E-state index in [0.29, 0.717) is 24.4 Å². The van der Waals surface area contributed by atoms with Gasteiger partial charge < -0.3 is 9.15 Å². The summed E-state index contributed by atoms with van der Waals surface area (Å²) in [5, 5.41) is 0.806. The first-order chi connectivity index (χ1) is 14.9. The van der Waals surface area contributed by atoms with E-state index in [1.165, 1.54) is 28.6 Å². The molecule has 10 heteroatoms. The zero-order valence-electron chi connectivity index (χ0n) is 16.8. The predicted molar refractivity (Wildman–Crippen MR) is 112 cm³/mol. The van der Waals surface area contributed by atoms with Gasteiger partial charge in [0.2, 0.25) is 10.0 Å². The van der Waals surface area contributed by atoms with Crippen LogP contribution in [0, 0.1) is 6.92 Å². The zero-order chi connectivity index (χ0) is 22.0. The molecular formula is C21H21N3O6S. The third-order valence-corrected chi connectivity index (χ3v) is 6.94. The molecule has 2 amide bonds. The van der Waals surface area contributed by atoms with Gasteiger partial charge in [0.15, 0.2) is 5.76 Å². The van der Waals surface area contributed by atoms with Gasteiger partial charge in [-0.25, -0.2) is 8.42 Å². The number of nitrogens with one attached hydrogen (secondary N) is 2. The Morgan fingerprint density at radius 1 is 0.968 bits per heavy atom. The van der Waals surface area contributed by atoms with E-state index in [2.05, 4.69) is 10.9 Å². The summed E-state index contributed by atoms with van der Waals surface area (Å²) in [4.78, 5) is 25.0.